The average Bonchev–Trinajstić information content (AvgIpc) is 2.83. The molecule has 3 N–H and O–H groups in total. The fourth-order valence-electron chi connectivity index (χ4n) is 2.50. The van der Waals surface area contributed by atoms with E-state index in [1.807, 2.05) is 25.1 Å². The van der Waals surface area contributed by atoms with Gasteiger partial charge in [-0.25, -0.2) is 9.82 Å². The van der Waals surface area contributed by atoms with Gasteiger partial charge in [0, 0.05) is 29.3 Å². The molecule has 3 aromatic rings. The van der Waals surface area contributed by atoms with Gasteiger partial charge in [-0.2, -0.15) is 0 Å². The van der Waals surface area contributed by atoms with Crippen molar-refractivity contribution in [3.8, 4) is 0 Å². The number of nitrogens with one attached hydrogen (secondary N) is 1. The van der Waals surface area contributed by atoms with Crippen LogP contribution in [-0.4, -0.2) is 4.98 Å². The molecule has 0 aliphatic heterocycles. The van der Waals surface area contributed by atoms with Gasteiger partial charge in [0.05, 0.1) is 6.04 Å². The topological polar surface area (TPSA) is 64.1 Å². The number of aromatic nitrogens is 1. The van der Waals surface area contributed by atoms with Gasteiger partial charge in [-0.3, -0.25) is 10.8 Å². The predicted octanol–water partition coefficient (Wildman–Crippen LogP) is 3.02. The third-order valence-electron chi connectivity index (χ3n) is 3.59. The minimum atomic E-state index is -0.278. The summed E-state index contributed by atoms with van der Waals surface area (Å²) >= 11 is 0. The minimum Gasteiger partial charge on any atom is -0.459 e. The molecular weight excluding hydrogens is 269 g/mol. The number of nitrogens with two attached hydrogens (primary N) is 1. The molecule has 2 heterocycles. The number of halogens is 1. The number of pyridine rings is 1. The van der Waals surface area contributed by atoms with Crippen molar-refractivity contribution in [2.75, 3.05) is 0 Å². The van der Waals surface area contributed by atoms with E-state index in [1.54, 1.807) is 12.3 Å². The van der Waals surface area contributed by atoms with E-state index in [4.69, 9.17) is 10.3 Å². The lowest BCUT2D eigenvalue weighted by molar-refractivity contribution is 0.429. The third-order valence-corrected chi connectivity index (χ3v) is 3.59. The van der Waals surface area contributed by atoms with E-state index in [2.05, 4.69) is 10.4 Å². The van der Waals surface area contributed by atoms with E-state index in [-0.39, 0.29) is 11.9 Å². The SMILES string of the molecule is Cc1c(C(Cc2ccccn2)NN)oc2ccc(F)cc12. The lowest BCUT2D eigenvalue weighted by Gasteiger charge is -2.13. The van der Waals surface area contributed by atoms with Crippen LogP contribution in [-0.2, 0) is 6.42 Å². The highest BCUT2D eigenvalue weighted by molar-refractivity contribution is 5.82. The molecule has 0 bridgehead atoms. The van der Waals surface area contributed by atoms with Gasteiger partial charge >= 0.3 is 0 Å². The van der Waals surface area contributed by atoms with Crippen LogP contribution in [0.4, 0.5) is 4.39 Å². The maximum Gasteiger partial charge on any atom is 0.134 e. The largest absolute Gasteiger partial charge is 0.459 e. The molecule has 5 heteroatoms. The summed E-state index contributed by atoms with van der Waals surface area (Å²) in [6.45, 7) is 1.91. The van der Waals surface area contributed by atoms with Crippen molar-refractivity contribution in [3.63, 3.8) is 0 Å². The van der Waals surface area contributed by atoms with Crippen LogP contribution in [0.2, 0.25) is 0 Å². The fourth-order valence-corrected chi connectivity index (χ4v) is 2.50. The van der Waals surface area contributed by atoms with E-state index in [1.165, 1.54) is 12.1 Å². The molecule has 0 saturated carbocycles. The van der Waals surface area contributed by atoms with E-state index in [0.717, 1.165) is 16.6 Å². The van der Waals surface area contributed by atoms with Gasteiger partial charge in [0.25, 0.3) is 0 Å². The number of hydrogen-bond donors (Lipinski definition) is 2. The second-order valence-corrected chi connectivity index (χ2v) is 4.98. The number of rotatable bonds is 4. The molecule has 0 aliphatic carbocycles. The first-order valence-corrected chi connectivity index (χ1v) is 6.73. The molecule has 3 rings (SSSR count). The Morgan fingerprint density at radius 2 is 2.19 bits per heavy atom. The lowest BCUT2D eigenvalue weighted by atomic mass is 10.0. The molecular formula is C16H16FN3O. The summed E-state index contributed by atoms with van der Waals surface area (Å²) in [5.41, 5.74) is 5.21. The summed E-state index contributed by atoms with van der Waals surface area (Å²) in [7, 11) is 0. The maximum absolute atomic E-state index is 13.4. The molecule has 4 nitrogen and oxygen atoms in total. The highest BCUT2D eigenvalue weighted by Crippen LogP contribution is 2.31. The number of aryl methyl sites for hydroxylation is 1. The molecule has 0 radical (unpaired) electrons. The molecule has 0 fully saturated rings. The zero-order chi connectivity index (χ0) is 14.8. The fraction of sp³-hybridized carbons (Fsp3) is 0.188. The van der Waals surface area contributed by atoms with Crippen molar-refractivity contribution in [2.24, 2.45) is 5.84 Å². The van der Waals surface area contributed by atoms with Crippen LogP contribution in [0.5, 0.6) is 0 Å². The summed E-state index contributed by atoms with van der Waals surface area (Å²) in [5.74, 6) is 6.10. The monoisotopic (exact) mass is 285 g/mol. The highest BCUT2D eigenvalue weighted by Gasteiger charge is 2.20. The van der Waals surface area contributed by atoms with Crippen LogP contribution < -0.4 is 11.3 Å². The first kappa shape index (κ1) is 13.7. The van der Waals surface area contributed by atoms with Crippen molar-refractivity contribution in [3.05, 3.63) is 65.4 Å². The second kappa shape index (κ2) is 5.63. The zero-order valence-electron chi connectivity index (χ0n) is 11.6. The predicted molar refractivity (Wildman–Crippen MR) is 78.9 cm³/mol. The molecule has 21 heavy (non-hydrogen) atoms. The second-order valence-electron chi connectivity index (χ2n) is 4.98. The normalized spacial score (nSPS) is 12.7. The number of fused-ring (bicyclic) bond motifs is 1. The van der Waals surface area contributed by atoms with Gasteiger partial charge in [0.1, 0.15) is 17.2 Å². The van der Waals surface area contributed by atoms with Gasteiger partial charge in [0.15, 0.2) is 0 Å². The maximum atomic E-state index is 13.4. The molecule has 0 amide bonds. The molecule has 108 valence electrons. The average molecular weight is 285 g/mol. The van der Waals surface area contributed by atoms with Gasteiger partial charge in [-0.05, 0) is 37.3 Å². The number of hydrazine groups is 1. The van der Waals surface area contributed by atoms with Crippen molar-refractivity contribution in [1.82, 2.24) is 10.4 Å². The standard InChI is InChI=1S/C16H16FN3O/c1-10-13-8-11(17)5-6-15(13)21-16(10)14(20-18)9-12-4-2-3-7-19-12/h2-8,14,20H,9,18H2,1H3. The van der Waals surface area contributed by atoms with Crippen LogP contribution in [0.1, 0.15) is 23.1 Å². The third kappa shape index (κ3) is 2.66. The number of furan rings is 1. The van der Waals surface area contributed by atoms with Gasteiger partial charge < -0.3 is 4.42 Å². The van der Waals surface area contributed by atoms with Gasteiger partial charge in [-0.1, -0.05) is 6.07 Å². The molecule has 1 aromatic carbocycles. The molecule has 1 atom stereocenters. The van der Waals surface area contributed by atoms with Crippen molar-refractivity contribution >= 4 is 11.0 Å². The number of nitrogens with zero attached hydrogens (tertiary/aromatic N) is 1. The van der Waals surface area contributed by atoms with Gasteiger partial charge in [-0.15, -0.1) is 0 Å². The molecule has 2 aromatic heterocycles. The van der Waals surface area contributed by atoms with Crippen LogP contribution in [0, 0.1) is 12.7 Å². The Morgan fingerprint density at radius 1 is 1.33 bits per heavy atom. The zero-order valence-corrected chi connectivity index (χ0v) is 11.6. The molecule has 1 unspecified atom stereocenters. The van der Waals surface area contributed by atoms with Crippen LogP contribution in [0.25, 0.3) is 11.0 Å². The summed E-state index contributed by atoms with van der Waals surface area (Å²) in [4.78, 5) is 4.29. The molecule has 0 aliphatic rings. The Balaban J connectivity index is 1.99. The number of hydrogen-bond acceptors (Lipinski definition) is 4. The summed E-state index contributed by atoms with van der Waals surface area (Å²) in [6, 6.07) is 10.0. The van der Waals surface area contributed by atoms with E-state index in [9.17, 15) is 4.39 Å². The minimum absolute atomic E-state index is 0.213. The van der Waals surface area contributed by atoms with E-state index in [0.29, 0.717) is 17.8 Å². The van der Waals surface area contributed by atoms with Crippen molar-refractivity contribution in [2.45, 2.75) is 19.4 Å². The highest BCUT2D eigenvalue weighted by atomic mass is 19.1. The van der Waals surface area contributed by atoms with E-state index >= 15 is 0 Å². The quantitative estimate of drug-likeness (QED) is 0.571. The van der Waals surface area contributed by atoms with Crippen LogP contribution >= 0.6 is 0 Å². The Hall–Kier alpha value is -2.24. The molecule has 0 spiro atoms. The van der Waals surface area contributed by atoms with Gasteiger partial charge in [0.2, 0.25) is 0 Å². The Kier molecular flexibility index (Phi) is 3.68. The Morgan fingerprint density at radius 3 is 2.90 bits per heavy atom. The van der Waals surface area contributed by atoms with Crippen molar-refractivity contribution < 1.29 is 8.81 Å². The lowest BCUT2D eigenvalue weighted by Crippen LogP contribution is -2.30. The smallest absolute Gasteiger partial charge is 0.134 e. The summed E-state index contributed by atoms with van der Waals surface area (Å²) in [5, 5.41) is 0.770. The summed E-state index contributed by atoms with van der Waals surface area (Å²) < 4.78 is 19.2. The summed E-state index contributed by atoms with van der Waals surface area (Å²) in [6.07, 6.45) is 2.34. The first-order chi connectivity index (χ1) is 10.2. The van der Waals surface area contributed by atoms with Crippen LogP contribution in [0.15, 0.2) is 47.0 Å². The molecule has 0 saturated heterocycles. The van der Waals surface area contributed by atoms with Crippen molar-refractivity contribution in [1.29, 1.82) is 0 Å². The number of benzene rings is 1. The Bertz CT molecular complexity index is 755. The first-order valence-electron chi connectivity index (χ1n) is 6.73. The van der Waals surface area contributed by atoms with Crippen LogP contribution in [0.3, 0.4) is 0 Å². The Labute approximate surface area is 121 Å². The van der Waals surface area contributed by atoms with E-state index < -0.39 is 0 Å².